The van der Waals surface area contributed by atoms with Crippen LogP contribution < -0.4 is 10.6 Å². The maximum atomic E-state index is 13.2. The summed E-state index contributed by atoms with van der Waals surface area (Å²) in [5.74, 6) is -0.919. The predicted molar refractivity (Wildman–Crippen MR) is 125 cm³/mol. The maximum absolute atomic E-state index is 13.2. The van der Waals surface area contributed by atoms with E-state index >= 15 is 0 Å². The van der Waals surface area contributed by atoms with Gasteiger partial charge in [-0.3, -0.25) is 14.6 Å². The highest BCUT2D eigenvalue weighted by Crippen LogP contribution is 2.11. The fraction of sp³-hybridized carbons (Fsp3) is 0.250. The van der Waals surface area contributed by atoms with Crippen molar-refractivity contribution < 1.29 is 19.6 Å². The molecule has 0 spiro atoms. The summed E-state index contributed by atoms with van der Waals surface area (Å²) in [5, 5.41) is 24.7. The number of nitrogens with zero attached hydrogens (tertiary/aromatic N) is 2. The molecular formula is C24H27BN4O4. The van der Waals surface area contributed by atoms with Gasteiger partial charge >= 0.3 is 7.12 Å². The van der Waals surface area contributed by atoms with Gasteiger partial charge in [-0.15, -0.1) is 0 Å². The molecule has 170 valence electrons. The zero-order valence-corrected chi connectivity index (χ0v) is 18.2. The van der Waals surface area contributed by atoms with Crippen LogP contribution in [0.3, 0.4) is 0 Å². The first kappa shape index (κ1) is 24.1. The summed E-state index contributed by atoms with van der Waals surface area (Å²) >= 11 is 0. The molecule has 3 aromatic rings. The minimum atomic E-state index is -1.56. The lowest BCUT2D eigenvalue weighted by molar-refractivity contribution is -0.123. The number of carbonyl (C=O) groups excluding carboxylic acids is 2. The van der Waals surface area contributed by atoms with E-state index in [0.29, 0.717) is 12.8 Å². The van der Waals surface area contributed by atoms with Gasteiger partial charge in [0.2, 0.25) is 5.91 Å². The summed E-state index contributed by atoms with van der Waals surface area (Å²) in [6.07, 6.45) is 5.63. The Morgan fingerprint density at radius 2 is 1.58 bits per heavy atom. The second kappa shape index (κ2) is 12.5. The molecular weight excluding hydrogens is 419 g/mol. The second-order valence-electron chi connectivity index (χ2n) is 7.75. The standard InChI is InChI=1S/C24H27BN4O4/c30-23(28-20(16-25(32)33)12-11-18-7-3-1-4-8-18)21(15-19-9-5-2-6-10-19)29-24(31)22-17-26-13-14-27-22/h1-10,13-14,17,20-21,32-33H,11-12,15-16H2,(H,28,30)(H,29,31)/t20-,21-/m0/s1. The van der Waals surface area contributed by atoms with Crippen molar-refractivity contribution in [2.75, 3.05) is 0 Å². The topological polar surface area (TPSA) is 124 Å². The lowest BCUT2D eigenvalue weighted by Crippen LogP contribution is -2.51. The van der Waals surface area contributed by atoms with Crippen LogP contribution in [0.2, 0.25) is 6.32 Å². The van der Waals surface area contributed by atoms with Gasteiger partial charge in [0.25, 0.3) is 5.91 Å². The number of carbonyl (C=O) groups is 2. The molecule has 8 nitrogen and oxygen atoms in total. The quantitative estimate of drug-likeness (QED) is 0.330. The molecule has 0 aliphatic heterocycles. The molecule has 0 fully saturated rings. The number of amides is 2. The second-order valence-corrected chi connectivity index (χ2v) is 7.75. The third-order valence-corrected chi connectivity index (χ3v) is 5.17. The molecule has 0 aliphatic carbocycles. The van der Waals surface area contributed by atoms with Crippen LogP contribution in [0.15, 0.2) is 79.3 Å². The molecule has 3 rings (SSSR count). The predicted octanol–water partition coefficient (Wildman–Crippen LogP) is 1.41. The molecule has 2 aromatic carbocycles. The van der Waals surface area contributed by atoms with Gasteiger partial charge in [0, 0.05) is 31.2 Å². The Morgan fingerprint density at radius 3 is 2.18 bits per heavy atom. The van der Waals surface area contributed by atoms with Gasteiger partial charge in [0.15, 0.2) is 0 Å². The highest BCUT2D eigenvalue weighted by Gasteiger charge is 2.26. The van der Waals surface area contributed by atoms with Gasteiger partial charge in [-0.25, -0.2) is 4.98 Å². The van der Waals surface area contributed by atoms with Crippen molar-refractivity contribution in [2.45, 2.75) is 37.7 Å². The van der Waals surface area contributed by atoms with Gasteiger partial charge in [-0.2, -0.15) is 0 Å². The van der Waals surface area contributed by atoms with Crippen molar-refractivity contribution in [1.82, 2.24) is 20.6 Å². The smallest absolute Gasteiger partial charge is 0.427 e. The van der Waals surface area contributed by atoms with Crippen LogP contribution in [0.25, 0.3) is 0 Å². The molecule has 0 radical (unpaired) electrons. The SMILES string of the molecule is O=C(N[C@@H](Cc1ccccc1)C(=O)N[C@@H](CCc1ccccc1)CB(O)O)c1cnccn1. The van der Waals surface area contributed by atoms with Crippen LogP contribution in [0.1, 0.15) is 28.0 Å². The van der Waals surface area contributed by atoms with Crippen LogP contribution in [0.5, 0.6) is 0 Å². The Kier molecular flexibility index (Phi) is 9.11. The number of aromatic nitrogens is 2. The van der Waals surface area contributed by atoms with Crippen LogP contribution >= 0.6 is 0 Å². The minimum absolute atomic E-state index is 0.0191. The van der Waals surface area contributed by atoms with E-state index in [1.807, 2.05) is 60.7 Å². The van der Waals surface area contributed by atoms with Crippen molar-refractivity contribution >= 4 is 18.9 Å². The van der Waals surface area contributed by atoms with Crippen molar-refractivity contribution in [3.05, 3.63) is 96.1 Å². The Bertz CT molecular complexity index is 1010. The summed E-state index contributed by atoms with van der Waals surface area (Å²) in [4.78, 5) is 33.7. The third-order valence-electron chi connectivity index (χ3n) is 5.17. The number of hydrogen-bond donors (Lipinski definition) is 4. The largest absolute Gasteiger partial charge is 0.453 e. The van der Waals surface area contributed by atoms with E-state index in [1.54, 1.807) is 0 Å². The molecule has 33 heavy (non-hydrogen) atoms. The first-order valence-corrected chi connectivity index (χ1v) is 10.8. The maximum Gasteiger partial charge on any atom is 0.453 e. The van der Waals surface area contributed by atoms with E-state index in [4.69, 9.17) is 0 Å². The molecule has 0 saturated carbocycles. The average Bonchev–Trinajstić information content (AvgIpc) is 2.83. The van der Waals surface area contributed by atoms with Crippen molar-refractivity contribution in [3.8, 4) is 0 Å². The van der Waals surface area contributed by atoms with Crippen molar-refractivity contribution in [3.63, 3.8) is 0 Å². The first-order valence-electron chi connectivity index (χ1n) is 10.8. The Morgan fingerprint density at radius 1 is 0.909 bits per heavy atom. The Balaban J connectivity index is 1.72. The van der Waals surface area contributed by atoms with Crippen LogP contribution in [-0.2, 0) is 17.6 Å². The fourth-order valence-corrected chi connectivity index (χ4v) is 3.50. The zero-order valence-electron chi connectivity index (χ0n) is 18.2. The fourth-order valence-electron chi connectivity index (χ4n) is 3.50. The zero-order chi connectivity index (χ0) is 23.5. The molecule has 0 saturated heterocycles. The van der Waals surface area contributed by atoms with Gasteiger partial charge in [0.1, 0.15) is 11.7 Å². The molecule has 2 amide bonds. The molecule has 2 atom stereocenters. The highest BCUT2D eigenvalue weighted by atomic mass is 16.4. The van der Waals surface area contributed by atoms with E-state index < -0.39 is 31.0 Å². The van der Waals surface area contributed by atoms with Gasteiger partial charge in [-0.1, -0.05) is 60.7 Å². The third kappa shape index (κ3) is 8.14. The lowest BCUT2D eigenvalue weighted by atomic mass is 9.80. The van der Waals surface area contributed by atoms with Crippen molar-refractivity contribution in [2.24, 2.45) is 0 Å². The van der Waals surface area contributed by atoms with Gasteiger partial charge < -0.3 is 20.7 Å². The van der Waals surface area contributed by atoms with Crippen LogP contribution in [0.4, 0.5) is 0 Å². The first-order chi connectivity index (χ1) is 16.0. The lowest BCUT2D eigenvalue weighted by Gasteiger charge is -2.24. The summed E-state index contributed by atoms with van der Waals surface area (Å²) in [6, 6.07) is 17.7. The summed E-state index contributed by atoms with van der Waals surface area (Å²) in [7, 11) is -1.56. The summed E-state index contributed by atoms with van der Waals surface area (Å²) in [5.41, 5.74) is 2.07. The van der Waals surface area contributed by atoms with E-state index in [0.717, 1.165) is 11.1 Å². The summed E-state index contributed by atoms with van der Waals surface area (Å²) < 4.78 is 0. The molecule has 4 N–H and O–H groups in total. The average molecular weight is 446 g/mol. The molecule has 0 bridgehead atoms. The van der Waals surface area contributed by atoms with E-state index in [1.165, 1.54) is 18.6 Å². The number of aryl methyl sites for hydroxylation is 1. The van der Waals surface area contributed by atoms with Gasteiger partial charge in [-0.05, 0) is 24.0 Å². The van der Waals surface area contributed by atoms with Gasteiger partial charge in [0.05, 0.1) is 6.20 Å². The van der Waals surface area contributed by atoms with E-state index in [9.17, 15) is 19.6 Å². The van der Waals surface area contributed by atoms with E-state index in [-0.39, 0.29) is 18.4 Å². The number of nitrogens with one attached hydrogen (secondary N) is 2. The van der Waals surface area contributed by atoms with Crippen LogP contribution in [-0.4, -0.2) is 51.0 Å². The normalized spacial score (nSPS) is 12.4. The number of rotatable bonds is 11. The molecule has 1 aromatic heterocycles. The number of hydrogen-bond acceptors (Lipinski definition) is 6. The Hall–Kier alpha value is -3.56. The van der Waals surface area contributed by atoms with Crippen molar-refractivity contribution in [1.29, 1.82) is 0 Å². The number of benzene rings is 2. The molecule has 9 heteroatoms. The molecule has 0 aliphatic rings. The minimum Gasteiger partial charge on any atom is -0.427 e. The monoisotopic (exact) mass is 446 g/mol. The molecule has 1 heterocycles. The highest BCUT2D eigenvalue weighted by molar-refractivity contribution is 6.41. The Labute approximate surface area is 193 Å². The van der Waals surface area contributed by atoms with Crippen LogP contribution in [0, 0.1) is 0 Å². The van der Waals surface area contributed by atoms with E-state index in [2.05, 4.69) is 20.6 Å². The summed E-state index contributed by atoms with van der Waals surface area (Å²) in [6.45, 7) is 0. The molecule has 0 unspecified atom stereocenters.